The Bertz CT molecular complexity index is 1360. The number of nitrogens with one attached hydrogen (secondary N) is 3. The molecule has 35 heavy (non-hydrogen) atoms. The van der Waals surface area contributed by atoms with E-state index >= 15 is 0 Å². The zero-order valence-electron chi connectivity index (χ0n) is 19.6. The van der Waals surface area contributed by atoms with Gasteiger partial charge in [0, 0.05) is 23.6 Å². The molecule has 4 aromatic rings. The quantitative estimate of drug-likeness (QED) is 0.354. The number of carbonyl (C=O) groups is 1. The van der Waals surface area contributed by atoms with Crippen LogP contribution in [0.1, 0.15) is 23.4 Å². The van der Waals surface area contributed by atoms with Crippen LogP contribution in [0.4, 0.5) is 28.8 Å². The van der Waals surface area contributed by atoms with Crippen LogP contribution in [0.2, 0.25) is 0 Å². The Hall–Kier alpha value is -4.46. The summed E-state index contributed by atoms with van der Waals surface area (Å²) in [7, 11) is 0. The van der Waals surface area contributed by atoms with Gasteiger partial charge in [0.15, 0.2) is 6.10 Å². The number of rotatable bonds is 6. The number of para-hydroxylation sites is 1. The van der Waals surface area contributed by atoms with Crippen molar-refractivity contribution in [3.63, 3.8) is 0 Å². The van der Waals surface area contributed by atoms with Crippen LogP contribution in [-0.4, -0.2) is 27.0 Å². The Morgan fingerprint density at radius 1 is 0.886 bits per heavy atom. The van der Waals surface area contributed by atoms with Crippen LogP contribution >= 0.6 is 0 Å². The number of carbonyl (C=O) groups excluding carboxylic acids is 1. The summed E-state index contributed by atoms with van der Waals surface area (Å²) in [4.78, 5) is 26.0. The molecule has 0 aliphatic carbocycles. The lowest BCUT2D eigenvalue weighted by atomic mass is 10.0. The minimum Gasteiger partial charge on any atom is -0.480 e. The van der Waals surface area contributed by atoms with Crippen LogP contribution in [0.15, 0.2) is 72.9 Å². The molecule has 1 atom stereocenters. The molecule has 1 aliphatic heterocycles. The Labute approximate surface area is 203 Å². The Balaban J connectivity index is 1.22. The van der Waals surface area contributed by atoms with Gasteiger partial charge in [-0.1, -0.05) is 18.2 Å². The summed E-state index contributed by atoms with van der Waals surface area (Å²) >= 11 is 0. The highest BCUT2D eigenvalue weighted by atomic mass is 16.5. The van der Waals surface area contributed by atoms with E-state index in [0.29, 0.717) is 29.6 Å². The van der Waals surface area contributed by atoms with Crippen molar-refractivity contribution < 1.29 is 9.53 Å². The summed E-state index contributed by atoms with van der Waals surface area (Å²) in [6.45, 7) is 3.85. The average Bonchev–Trinajstić information content (AvgIpc) is 2.84. The van der Waals surface area contributed by atoms with Gasteiger partial charge in [-0.15, -0.1) is 0 Å². The maximum absolute atomic E-state index is 12.7. The highest BCUT2D eigenvalue weighted by molar-refractivity contribution is 5.94. The summed E-state index contributed by atoms with van der Waals surface area (Å²) in [6.07, 6.45) is 2.74. The van der Waals surface area contributed by atoms with Gasteiger partial charge in [0.1, 0.15) is 29.0 Å². The molecule has 8 heteroatoms. The molecular weight excluding hydrogens is 440 g/mol. The fourth-order valence-electron chi connectivity index (χ4n) is 3.95. The summed E-state index contributed by atoms with van der Waals surface area (Å²) in [5.74, 6) is 3.29. The third kappa shape index (κ3) is 5.55. The number of pyridine rings is 1. The van der Waals surface area contributed by atoms with Crippen molar-refractivity contribution >= 4 is 34.7 Å². The number of hydrogen-bond acceptors (Lipinski definition) is 7. The van der Waals surface area contributed by atoms with Crippen molar-refractivity contribution in [2.24, 2.45) is 0 Å². The van der Waals surface area contributed by atoms with E-state index in [1.165, 1.54) is 0 Å². The van der Waals surface area contributed by atoms with Crippen molar-refractivity contribution in [3.8, 4) is 5.75 Å². The fraction of sp³-hybridized carbons (Fsp3) is 0.185. The third-order valence-corrected chi connectivity index (χ3v) is 5.64. The van der Waals surface area contributed by atoms with E-state index in [1.54, 1.807) is 6.20 Å². The van der Waals surface area contributed by atoms with E-state index in [9.17, 15) is 4.79 Å². The number of anilines is 5. The van der Waals surface area contributed by atoms with Gasteiger partial charge < -0.3 is 20.7 Å². The van der Waals surface area contributed by atoms with Gasteiger partial charge in [0.05, 0.1) is 0 Å². The molecule has 8 nitrogen and oxygen atoms in total. The molecule has 1 aliphatic rings. The Morgan fingerprint density at radius 2 is 1.63 bits per heavy atom. The SMILES string of the molecule is Cc1ccnc(Nc2cc(Nc3ccc(NC(=O)C4CCc5ccccc5O4)cc3)nc(C)n2)c1. The highest BCUT2D eigenvalue weighted by Crippen LogP contribution is 2.28. The van der Waals surface area contributed by atoms with E-state index in [0.717, 1.165) is 34.8 Å². The number of fused-ring (bicyclic) bond motifs is 1. The van der Waals surface area contributed by atoms with E-state index in [4.69, 9.17) is 4.74 Å². The van der Waals surface area contributed by atoms with Gasteiger partial charge in [-0.05, 0) is 80.3 Å². The highest BCUT2D eigenvalue weighted by Gasteiger charge is 2.25. The topological polar surface area (TPSA) is 101 Å². The average molecular weight is 467 g/mol. The molecule has 5 rings (SSSR count). The summed E-state index contributed by atoms with van der Waals surface area (Å²) in [5.41, 5.74) is 3.79. The van der Waals surface area contributed by atoms with E-state index in [2.05, 4.69) is 30.9 Å². The lowest BCUT2D eigenvalue weighted by Crippen LogP contribution is -2.35. The molecular formula is C27H26N6O2. The number of aryl methyl sites for hydroxylation is 3. The molecule has 0 radical (unpaired) electrons. The lowest BCUT2D eigenvalue weighted by Gasteiger charge is -2.25. The number of aromatic nitrogens is 3. The predicted molar refractivity (Wildman–Crippen MR) is 137 cm³/mol. The standard InChI is InChI=1S/C27H26N6O2/c1-17-13-14-28-24(15-17)33-26-16-25(29-18(2)30-26)31-20-8-10-21(11-9-20)32-27(34)23-12-7-19-5-3-4-6-22(19)35-23/h3-6,8-11,13-16,23H,7,12H2,1-2H3,(H,32,34)(H2,28,29,30,31,33). The molecule has 2 aromatic carbocycles. The zero-order valence-corrected chi connectivity index (χ0v) is 19.6. The Kier molecular flexibility index (Phi) is 6.26. The van der Waals surface area contributed by atoms with Gasteiger partial charge in [-0.3, -0.25) is 4.79 Å². The molecule has 2 aromatic heterocycles. The van der Waals surface area contributed by atoms with Crippen molar-refractivity contribution in [2.45, 2.75) is 32.8 Å². The Morgan fingerprint density at radius 3 is 2.43 bits per heavy atom. The molecule has 1 amide bonds. The van der Waals surface area contributed by atoms with E-state index in [1.807, 2.05) is 80.6 Å². The second-order valence-corrected chi connectivity index (χ2v) is 8.47. The van der Waals surface area contributed by atoms with Crippen molar-refractivity contribution in [1.82, 2.24) is 15.0 Å². The van der Waals surface area contributed by atoms with Crippen molar-refractivity contribution in [3.05, 3.63) is 89.9 Å². The van der Waals surface area contributed by atoms with Crippen LogP contribution in [0, 0.1) is 13.8 Å². The number of nitrogens with zero attached hydrogens (tertiary/aromatic N) is 3. The van der Waals surface area contributed by atoms with Gasteiger partial charge in [-0.25, -0.2) is 15.0 Å². The first-order valence-corrected chi connectivity index (χ1v) is 11.5. The van der Waals surface area contributed by atoms with Crippen LogP contribution in [0.3, 0.4) is 0 Å². The molecule has 0 saturated carbocycles. The molecule has 0 saturated heterocycles. The summed E-state index contributed by atoms with van der Waals surface area (Å²) in [6, 6.07) is 21.0. The summed E-state index contributed by atoms with van der Waals surface area (Å²) < 4.78 is 5.89. The van der Waals surface area contributed by atoms with Crippen LogP contribution < -0.4 is 20.7 Å². The molecule has 3 heterocycles. The minimum absolute atomic E-state index is 0.146. The van der Waals surface area contributed by atoms with Crippen molar-refractivity contribution in [1.29, 1.82) is 0 Å². The van der Waals surface area contributed by atoms with Crippen LogP contribution in [-0.2, 0) is 11.2 Å². The second kappa shape index (κ2) is 9.80. The predicted octanol–water partition coefficient (Wildman–Crippen LogP) is 5.31. The molecule has 3 N–H and O–H groups in total. The maximum Gasteiger partial charge on any atom is 0.265 e. The molecule has 0 bridgehead atoms. The molecule has 0 spiro atoms. The number of hydrogen-bond donors (Lipinski definition) is 3. The van der Waals surface area contributed by atoms with Crippen LogP contribution in [0.25, 0.3) is 0 Å². The molecule has 176 valence electrons. The third-order valence-electron chi connectivity index (χ3n) is 5.64. The first-order valence-electron chi connectivity index (χ1n) is 11.5. The normalized spacial score (nSPS) is 14.4. The lowest BCUT2D eigenvalue weighted by molar-refractivity contribution is -0.123. The summed E-state index contributed by atoms with van der Waals surface area (Å²) in [5, 5.41) is 9.46. The largest absolute Gasteiger partial charge is 0.480 e. The smallest absolute Gasteiger partial charge is 0.265 e. The number of amides is 1. The number of benzene rings is 2. The first kappa shape index (κ1) is 22.3. The van der Waals surface area contributed by atoms with Crippen molar-refractivity contribution in [2.75, 3.05) is 16.0 Å². The minimum atomic E-state index is -0.500. The molecule has 0 fully saturated rings. The second-order valence-electron chi connectivity index (χ2n) is 8.47. The van der Waals surface area contributed by atoms with Crippen LogP contribution in [0.5, 0.6) is 5.75 Å². The first-order chi connectivity index (χ1) is 17.0. The van der Waals surface area contributed by atoms with Gasteiger partial charge in [0.25, 0.3) is 5.91 Å². The van der Waals surface area contributed by atoms with Gasteiger partial charge >= 0.3 is 0 Å². The fourth-order valence-corrected chi connectivity index (χ4v) is 3.95. The van der Waals surface area contributed by atoms with Gasteiger partial charge in [-0.2, -0.15) is 0 Å². The zero-order chi connectivity index (χ0) is 24.2. The van der Waals surface area contributed by atoms with E-state index < -0.39 is 6.10 Å². The maximum atomic E-state index is 12.7. The monoisotopic (exact) mass is 466 g/mol. The van der Waals surface area contributed by atoms with Gasteiger partial charge in [0.2, 0.25) is 0 Å². The van der Waals surface area contributed by atoms with E-state index in [-0.39, 0.29) is 5.91 Å². The molecule has 1 unspecified atom stereocenters. The number of ether oxygens (including phenoxy) is 1.